The summed E-state index contributed by atoms with van der Waals surface area (Å²) in [7, 11) is 0. The summed E-state index contributed by atoms with van der Waals surface area (Å²) in [5.74, 6) is -1.04. The summed E-state index contributed by atoms with van der Waals surface area (Å²) in [6.45, 7) is 1.98. The van der Waals surface area contributed by atoms with Crippen molar-refractivity contribution in [3.63, 3.8) is 0 Å². The number of carbonyl (C=O) groups is 1. The number of phenolic OH excluding ortho intramolecular Hbond substituents is 2. The van der Waals surface area contributed by atoms with Crippen LogP contribution in [0, 0.1) is 0 Å². The van der Waals surface area contributed by atoms with Crippen molar-refractivity contribution < 1.29 is 19.7 Å². The highest BCUT2D eigenvalue weighted by Gasteiger charge is 2.27. The van der Waals surface area contributed by atoms with Crippen LogP contribution in [0.25, 0.3) is 0 Å². The maximum absolute atomic E-state index is 12.6. The maximum Gasteiger partial charge on any atom is 0.317 e. The fraction of sp³-hybridized carbons (Fsp3) is 0.188. The first-order valence-corrected chi connectivity index (χ1v) is 9.95. The molecular formula is C16H12Br4O4. The van der Waals surface area contributed by atoms with E-state index in [-0.39, 0.29) is 18.1 Å². The summed E-state index contributed by atoms with van der Waals surface area (Å²) in [6.07, 6.45) is 0. The smallest absolute Gasteiger partial charge is 0.317 e. The Morgan fingerprint density at radius 2 is 1.25 bits per heavy atom. The molecule has 0 aliphatic rings. The normalized spacial score (nSPS) is 10.9. The number of hydrogen-bond donors (Lipinski definition) is 2. The SMILES string of the molecule is CCOC(=O)C(c1cc(Br)c(O)c(Br)c1)c1cc(Br)c(O)c(Br)c1. The zero-order valence-electron chi connectivity index (χ0n) is 12.3. The van der Waals surface area contributed by atoms with E-state index >= 15 is 0 Å². The molecule has 0 radical (unpaired) electrons. The van der Waals surface area contributed by atoms with Gasteiger partial charge >= 0.3 is 5.97 Å². The monoisotopic (exact) mass is 584 g/mol. The molecule has 2 rings (SSSR count). The molecule has 0 fully saturated rings. The quantitative estimate of drug-likeness (QED) is 0.441. The molecule has 24 heavy (non-hydrogen) atoms. The zero-order valence-corrected chi connectivity index (χ0v) is 18.7. The molecule has 2 aromatic rings. The minimum absolute atomic E-state index is 0.0504. The lowest BCUT2D eigenvalue weighted by Gasteiger charge is -2.19. The number of hydrogen-bond acceptors (Lipinski definition) is 4. The minimum Gasteiger partial charge on any atom is -0.506 e. The third-order valence-electron chi connectivity index (χ3n) is 3.27. The van der Waals surface area contributed by atoms with Crippen molar-refractivity contribution >= 4 is 69.7 Å². The van der Waals surface area contributed by atoms with Crippen molar-refractivity contribution in [2.75, 3.05) is 6.61 Å². The Labute approximate surface area is 172 Å². The zero-order chi connectivity index (χ0) is 18.0. The molecule has 4 nitrogen and oxygen atoms in total. The number of benzene rings is 2. The summed E-state index contributed by atoms with van der Waals surface area (Å²) < 4.78 is 7.03. The third kappa shape index (κ3) is 4.15. The van der Waals surface area contributed by atoms with Gasteiger partial charge in [0.15, 0.2) is 0 Å². The van der Waals surface area contributed by atoms with Crippen LogP contribution in [0.15, 0.2) is 42.2 Å². The Morgan fingerprint density at radius 1 is 0.917 bits per heavy atom. The third-order valence-corrected chi connectivity index (χ3v) is 5.69. The average molecular weight is 588 g/mol. The van der Waals surface area contributed by atoms with Gasteiger partial charge in [0.2, 0.25) is 0 Å². The number of phenols is 2. The van der Waals surface area contributed by atoms with Gasteiger partial charge in [-0.1, -0.05) is 0 Å². The van der Waals surface area contributed by atoms with Crippen molar-refractivity contribution in [2.45, 2.75) is 12.8 Å². The standard InChI is InChI=1S/C16H12Br4O4/c1-2-24-16(23)13(7-3-9(17)14(21)10(18)4-7)8-5-11(19)15(22)12(20)6-8/h3-6,13,21-22H,2H2,1H3. The number of carbonyl (C=O) groups excluding carboxylic acids is 1. The number of halogens is 4. The average Bonchev–Trinajstić information content (AvgIpc) is 2.50. The molecule has 0 aliphatic carbocycles. The number of esters is 1. The van der Waals surface area contributed by atoms with Gasteiger partial charge in [0.05, 0.1) is 24.5 Å². The van der Waals surface area contributed by atoms with Gasteiger partial charge in [-0.15, -0.1) is 0 Å². The summed E-state index contributed by atoms with van der Waals surface area (Å²) in [4.78, 5) is 12.6. The van der Waals surface area contributed by atoms with E-state index in [0.717, 1.165) is 0 Å². The second-order valence-electron chi connectivity index (χ2n) is 4.85. The maximum atomic E-state index is 12.6. The molecule has 0 heterocycles. The Hall–Kier alpha value is -0.570. The predicted octanol–water partition coefficient (Wildman–Crippen LogP) is 5.84. The van der Waals surface area contributed by atoms with Crippen LogP contribution in [-0.2, 0) is 9.53 Å². The van der Waals surface area contributed by atoms with E-state index in [4.69, 9.17) is 4.74 Å². The Bertz CT molecular complexity index is 688. The second-order valence-corrected chi connectivity index (χ2v) is 8.27. The molecule has 0 bridgehead atoms. The van der Waals surface area contributed by atoms with E-state index in [1.807, 2.05) is 0 Å². The molecule has 0 atom stereocenters. The van der Waals surface area contributed by atoms with Crippen LogP contribution in [0.1, 0.15) is 24.0 Å². The van der Waals surface area contributed by atoms with Crippen molar-refractivity contribution in [1.29, 1.82) is 0 Å². The van der Waals surface area contributed by atoms with Crippen LogP contribution in [0.3, 0.4) is 0 Å². The van der Waals surface area contributed by atoms with Gasteiger partial charge in [0.1, 0.15) is 17.4 Å². The topological polar surface area (TPSA) is 66.8 Å². The van der Waals surface area contributed by atoms with Crippen LogP contribution in [-0.4, -0.2) is 22.8 Å². The highest BCUT2D eigenvalue weighted by atomic mass is 79.9. The van der Waals surface area contributed by atoms with Gasteiger partial charge in [-0.2, -0.15) is 0 Å². The molecule has 2 aromatic carbocycles. The highest BCUT2D eigenvalue weighted by molar-refractivity contribution is 9.11. The van der Waals surface area contributed by atoms with Gasteiger partial charge in [0, 0.05) is 0 Å². The molecule has 0 saturated carbocycles. The second kappa shape index (κ2) is 8.21. The van der Waals surface area contributed by atoms with Crippen molar-refractivity contribution in [2.24, 2.45) is 0 Å². The van der Waals surface area contributed by atoms with E-state index in [1.54, 1.807) is 31.2 Å². The molecule has 128 valence electrons. The lowest BCUT2D eigenvalue weighted by Crippen LogP contribution is -2.17. The lowest BCUT2D eigenvalue weighted by molar-refractivity contribution is -0.143. The van der Waals surface area contributed by atoms with Crippen LogP contribution in [0.2, 0.25) is 0 Å². The molecule has 2 N–H and O–H groups in total. The fourth-order valence-electron chi connectivity index (χ4n) is 2.19. The number of ether oxygens (including phenoxy) is 1. The van der Waals surface area contributed by atoms with E-state index in [9.17, 15) is 15.0 Å². The fourth-order valence-corrected chi connectivity index (χ4v) is 4.64. The molecule has 0 saturated heterocycles. The van der Waals surface area contributed by atoms with E-state index < -0.39 is 11.9 Å². The van der Waals surface area contributed by atoms with Gasteiger partial charge < -0.3 is 14.9 Å². The van der Waals surface area contributed by atoms with E-state index in [2.05, 4.69) is 63.7 Å². The summed E-state index contributed by atoms with van der Waals surface area (Å²) in [5, 5.41) is 19.8. The molecule has 0 unspecified atom stereocenters. The molecule has 0 spiro atoms. The molecule has 0 aliphatic heterocycles. The van der Waals surface area contributed by atoms with Gasteiger partial charge in [0.25, 0.3) is 0 Å². The molecule has 0 amide bonds. The largest absolute Gasteiger partial charge is 0.506 e. The molecule has 0 aromatic heterocycles. The van der Waals surface area contributed by atoms with Crippen molar-refractivity contribution in [3.8, 4) is 11.5 Å². The Balaban J connectivity index is 2.64. The van der Waals surface area contributed by atoms with Gasteiger partial charge in [-0.3, -0.25) is 4.79 Å². The van der Waals surface area contributed by atoms with E-state index in [0.29, 0.717) is 29.0 Å². The predicted molar refractivity (Wildman–Crippen MR) is 105 cm³/mol. The van der Waals surface area contributed by atoms with Crippen molar-refractivity contribution in [3.05, 3.63) is 53.3 Å². The van der Waals surface area contributed by atoms with Crippen LogP contribution >= 0.6 is 63.7 Å². The van der Waals surface area contributed by atoms with Crippen LogP contribution in [0.4, 0.5) is 0 Å². The Morgan fingerprint density at radius 3 is 1.54 bits per heavy atom. The first-order chi connectivity index (χ1) is 11.3. The summed E-state index contributed by atoms with van der Waals surface area (Å²) >= 11 is 13.1. The van der Waals surface area contributed by atoms with Gasteiger partial charge in [-0.25, -0.2) is 0 Å². The van der Waals surface area contributed by atoms with Gasteiger partial charge in [-0.05, 0) is 106 Å². The van der Waals surface area contributed by atoms with E-state index in [1.165, 1.54) is 0 Å². The number of rotatable bonds is 4. The first kappa shape index (κ1) is 19.8. The Kier molecular flexibility index (Phi) is 6.75. The van der Waals surface area contributed by atoms with Crippen molar-refractivity contribution in [1.82, 2.24) is 0 Å². The number of aromatic hydroxyl groups is 2. The van der Waals surface area contributed by atoms with Crippen LogP contribution in [0.5, 0.6) is 11.5 Å². The van der Waals surface area contributed by atoms with Crippen LogP contribution < -0.4 is 0 Å². The summed E-state index contributed by atoms with van der Waals surface area (Å²) in [5.41, 5.74) is 1.27. The highest BCUT2D eigenvalue weighted by Crippen LogP contribution is 2.41. The summed E-state index contributed by atoms with van der Waals surface area (Å²) in [6, 6.07) is 6.65. The lowest BCUT2D eigenvalue weighted by atomic mass is 9.91. The molecule has 8 heteroatoms. The minimum atomic E-state index is -0.716. The molecular weight excluding hydrogens is 576 g/mol. The first-order valence-electron chi connectivity index (χ1n) is 6.78.